The van der Waals surface area contributed by atoms with Gasteiger partial charge in [-0.1, -0.05) is 37.1 Å². The molecule has 0 radical (unpaired) electrons. The van der Waals surface area contributed by atoms with Crippen LogP contribution in [0.15, 0.2) is 24.3 Å². The molecule has 2 aliphatic rings. The molecule has 0 aromatic heterocycles. The Bertz CT molecular complexity index is 551. The lowest BCUT2D eigenvalue weighted by Crippen LogP contribution is -2.46. The van der Waals surface area contributed by atoms with Crippen molar-refractivity contribution >= 4 is 29.9 Å². The van der Waals surface area contributed by atoms with Crippen molar-refractivity contribution in [2.45, 2.75) is 50.9 Å². The summed E-state index contributed by atoms with van der Waals surface area (Å²) in [6.07, 6.45) is 6.66. The van der Waals surface area contributed by atoms with Gasteiger partial charge in [-0.2, -0.15) is 0 Å². The third-order valence-electron chi connectivity index (χ3n) is 6.04. The first kappa shape index (κ1) is 20.5. The van der Waals surface area contributed by atoms with E-state index in [9.17, 15) is 4.79 Å². The zero-order chi connectivity index (χ0) is 17.0. The van der Waals surface area contributed by atoms with E-state index in [1.165, 1.54) is 24.8 Å². The van der Waals surface area contributed by atoms with Crippen molar-refractivity contribution in [1.29, 1.82) is 0 Å². The maximum atomic E-state index is 12.4. The molecule has 5 heteroatoms. The van der Waals surface area contributed by atoms with Crippen LogP contribution in [-0.2, 0) is 10.2 Å². The molecule has 1 amide bonds. The van der Waals surface area contributed by atoms with Crippen molar-refractivity contribution in [2.24, 2.45) is 11.8 Å². The molecular weight excluding hydrogens is 355 g/mol. The lowest BCUT2D eigenvalue weighted by molar-refractivity contribution is -0.122. The van der Waals surface area contributed by atoms with Gasteiger partial charge >= 0.3 is 0 Å². The van der Waals surface area contributed by atoms with Crippen molar-refractivity contribution in [3.63, 3.8) is 0 Å². The fourth-order valence-electron chi connectivity index (χ4n) is 4.14. The Kier molecular flexibility index (Phi) is 7.60. The molecule has 0 spiro atoms. The molecule has 1 aliphatic carbocycles. The summed E-state index contributed by atoms with van der Waals surface area (Å²) in [4.78, 5) is 12.4. The van der Waals surface area contributed by atoms with Crippen LogP contribution in [0.3, 0.4) is 0 Å². The summed E-state index contributed by atoms with van der Waals surface area (Å²) in [6, 6.07) is 8.14. The van der Waals surface area contributed by atoms with Gasteiger partial charge in [-0.25, -0.2) is 0 Å². The SMILES string of the molecule is CC(CC(=O)NCC1(c2ccc(Cl)cc2)CCC1)C1CCCNC1.Cl. The molecule has 2 unspecified atom stereocenters. The Hall–Kier alpha value is -0.770. The number of hydrogen-bond acceptors (Lipinski definition) is 2. The van der Waals surface area contributed by atoms with E-state index in [1.807, 2.05) is 12.1 Å². The van der Waals surface area contributed by atoms with E-state index in [4.69, 9.17) is 11.6 Å². The molecular formula is C20H30Cl2N2O. The standard InChI is InChI=1S/C20H29ClN2O.ClH/c1-15(16-4-2-11-22-13-16)12-19(24)23-14-20(9-3-10-20)17-5-7-18(21)8-6-17;/h5-8,15-16,22H,2-4,9-14H2,1H3,(H,23,24);1H. The van der Waals surface area contributed by atoms with Crippen LogP contribution in [0.25, 0.3) is 0 Å². The molecule has 1 saturated heterocycles. The molecule has 1 saturated carbocycles. The summed E-state index contributed by atoms with van der Waals surface area (Å²) < 4.78 is 0. The first-order chi connectivity index (χ1) is 11.6. The van der Waals surface area contributed by atoms with E-state index in [1.54, 1.807) is 0 Å². The van der Waals surface area contributed by atoms with Crippen LogP contribution in [0.4, 0.5) is 0 Å². The van der Waals surface area contributed by atoms with Crippen LogP contribution in [-0.4, -0.2) is 25.5 Å². The van der Waals surface area contributed by atoms with Crippen molar-refractivity contribution in [2.75, 3.05) is 19.6 Å². The number of carbonyl (C=O) groups is 1. The van der Waals surface area contributed by atoms with E-state index in [2.05, 4.69) is 29.7 Å². The smallest absolute Gasteiger partial charge is 0.220 e. The van der Waals surface area contributed by atoms with Crippen LogP contribution in [0.1, 0.15) is 51.0 Å². The fourth-order valence-corrected chi connectivity index (χ4v) is 4.26. The van der Waals surface area contributed by atoms with Gasteiger partial charge in [-0.15, -0.1) is 12.4 Å². The van der Waals surface area contributed by atoms with Crippen molar-refractivity contribution in [3.8, 4) is 0 Å². The van der Waals surface area contributed by atoms with Gasteiger partial charge in [0.15, 0.2) is 0 Å². The first-order valence-corrected chi connectivity index (χ1v) is 9.70. The summed E-state index contributed by atoms with van der Waals surface area (Å²) in [7, 11) is 0. The first-order valence-electron chi connectivity index (χ1n) is 9.32. The highest BCUT2D eigenvalue weighted by Crippen LogP contribution is 2.43. The predicted octanol–water partition coefficient (Wildman–Crippen LogP) is 4.33. The summed E-state index contributed by atoms with van der Waals surface area (Å²) in [5, 5.41) is 7.43. The number of rotatable bonds is 6. The highest BCUT2D eigenvalue weighted by molar-refractivity contribution is 6.30. The van der Waals surface area contributed by atoms with Crippen LogP contribution in [0, 0.1) is 11.8 Å². The molecule has 1 aromatic rings. The summed E-state index contributed by atoms with van der Waals surface area (Å²) in [5.74, 6) is 1.29. The number of hydrogen-bond donors (Lipinski definition) is 2. The molecule has 3 nitrogen and oxygen atoms in total. The zero-order valence-corrected chi connectivity index (χ0v) is 16.6. The largest absolute Gasteiger partial charge is 0.355 e. The second-order valence-electron chi connectivity index (χ2n) is 7.71. The van der Waals surface area contributed by atoms with E-state index < -0.39 is 0 Å². The highest BCUT2D eigenvalue weighted by Gasteiger charge is 2.38. The molecule has 140 valence electrons. The Labute approximate surface area is 162 Å². The molecule has 1 heterocycles. The second kappa shape index (κ2) is 9.25. The zero-order valence-electron chi connectivity index (χ0n) is 15.0. The molecule has 2 fully saturated rings. The maximum Gasteiger partial charge on any atom is 0.220 e. The van der Waals surface area contributed by atoms with E-state index in [0.29, 0.717) is 18.3 Å². The molecule has 2 N–H and O–H groups in total. The summed E-state index contributed by atoms with van der Waals surface area (Å²) in [6.45, 7) is 5.15. The maximum absolute atomic E-state index is 12.4. The Morgan fingerprint density at radius 3 is 2.60 bits per heavy atom. The van der Waals surface area contributed by atoms with E-state index in [0.717, 1.165) is 37.5 Å². The molecule has 1 aliphatic heterocycles. The Balaban J connectivity index is 0.00000225. The number of carbonyl (C=O) groups excluding carboxylic acids is 1. The van der Waals surface area contributed by atoms with Gasteiger partial charge in [0.25, 0.3) is 0 Å². The molecule has 3 rings (SSSR count). The third kappa shape index (κ3) is 5.12. The van der Waals surface area contributed by atoms with Crippen LogP contribution in [0.5, 0.6) is 0 Å². The van der Waals surface area contributed by atoms with Gasteiger partial charge in [0.2, 0.25) is 5.91 Å². The minimum Gasteiger partial charge on any atom is -0.355 e. The Morgan fingerprint density at radius 2 is 2.04 bits per heavy atom. The minimum atomic E-state index is 0. The molecule has 2 atom stereocenters. The number of benzene rings is 1. The van der Waals surface area contributed by atoms with Crippen molar-refractivity contribution < 1.29 is 4.79 Å². The predicted molar refractivity (Wildman–Crippen MR) is 107 cm³/mol. The lowest BCUT2D eigenvalue weighted by Gasteiger charge is -2.42. The van der Waals surface area contributed by atoms with Crippen LogP contribution >= 0.6 is 24.0 Å². The van der Waals surface area contributed by atoms with E-state index >= 15 is 0 Å². The molecule has 25 heavy (non-hydrogen) atoms. The lowest BCUT2D eigenvalue weighted by atomic mass is 9.64. The van der Waals surface area contributed by atoms with E-state index in [-0.39, 0.29) is 23.7 Å². The highest BCUT2D eigenvalue weighted by atomic mass is 35.5. The van der Waals surface area contributed by atoms with Gasteiger partial charge in [0, 0.05) is 23.4 Å². The quantitative estimate of drug-likeness (QED) is 0.766. The van der Waals surface area contributed by atoms with Gasteiger partial charge in [-0.05, 0) is 68.3 Å². The fraction of sp³-hybridized carbons (Fsp3) is 0.650. The average Bonchev–Trinajstić information content (AvgIpc) is 2.56. The van der Waals surface area contributed by atoms with Gasteiger partial charge in [0.1, 0.15) is 0 Å². The third-order valence-corrected chi connectivity index (χ3v) is 6.29. The normalized spacial score (nSPS) is 23.0. The Morgan fingerprint density at radius 1 is 1.32 bits per heavy atom. The van der Waals surface area contributed by atoms with Crippen molar-refractivity contribution in [1.82, 2.24) is 10.6 Å². The van der Waals surface area contributed by atoms with Gasteiger partial charge in [0.05, 0.1) is 0 Å². The minimum absolute atomic E-state index is 0. The van der Waals surface area contributed by atoms with Crippen LogP contribution in [0.2, 0.25) is 5.02 Å². The average molecular weight is 385 g/mol. The van der Waals surface area contributed by atoms with Crippen molar-refractivity contribution in [3.05, 3.63) is 34.9 Å². The number of piperidine rings is 1. The number of amides is 1. The summed E-state index contributed by atoms with van der Waals surface area (Å²) in [5.41, 5.74) is 1.43. The number of halogens is 2. The van der Waals surface area contributed by atoms with Gasteiger partial charge in [-0.3, -0.25) is 4.79 Å². The topological polar surface area (TPSA) is 41.1 Å². The monoisotopic (exact) mass is 384 g/mol. The molecule has 1 aromatic carbocycles. The second-order valence-corrected chi connectivity index (χ2v) is 8.14. The summed E-state index contributed by atoms with van der Waals surface area (Å²) >= 11 is 6.01. The number of nitrogens with one attached hydrogen (secondary N) is 2. The van der Waals surface area contributed by atoms with Gasteiger partial charge < -0.3 is 10.6 Å². The molecule has 0 bridgehead atoms. The van der Waals surface area contributed by atoms with Crippen LogP contribution < -0.4 is 10.6 Å².